The minimum atomic E-state index is -0.515. The highest BCUT2D eigenvalue weighted by Gasteiger charge is 2.22. The molecule has 120 valence electrons. The van der Waals surface area contributed by atoms with Crippen molar-refractivity contribution >= 4 is 11.6 Å². The first-order chi connectivity index (χ1) is 11.3. The van der Waals surface area contributed by atoms with Crippen LogP contribution in [0.4, 0.5) is 5.69 Å². The maximum Gasteiger partial charge on any atom is 0.255 e. The van der Waals surface area contributed by atoms with E-state index >= 15 is 0 Å². The third-order valence-electron chi connectivity index (χ3n) is 4.21. The van der Waals surface area contributed by atoms with Crippen LogP contribution in [0.1, 0.15) is 17.0 Å². The average molecular weight is 311 g/mol. The Morgan fingerprint density at radius 3 is 2.22 bits per heavy atom. The van der Waals surface area contributed by atoms with Crippen molar-refractivity contribution in [1.29, 1.82) is 0 Å². The summed E-state index contributed by atoms with van der Waals surface area (Å²) in [6, 6.07) is 17.5. The highest BCUT2D eigenvalue weighted by Crippen LogP contribution is 2.27. The van der Waals surface area contributed by atoms with Crippen molar-refractivity contribution in [1.82, 2.24) is 10.8 Å². The van der Waals surface area contributed by atoms with E-state index in [1.54, 1.807) is 5.48 Å². The fraction of sp³-hybridized carbons (Fsp3) is 0.278. The predicted molar refractivity (Wildman–Crippen MR) is 89.7 cm³/mol. The van der Waals surface area contributed by atoms with Crippen LogP contribution in [0.2, 0.25) is 0 Å². The Balaban J connectivity index is 1.86. The van der Waals surface area contributed by atoms with E-state index in [0.717, 1.165) is 43.0 Å². The van der Waals surface area contributed by atoms with Crippen LogP contribution in [-0.4, -0.2) is 37.3 Å². The number of nitrogens with one attached hydrogen (secondary N) is 2. The number of nitrogens with zero attached hydrogens (tertiary/aromatic N) is 1. The lowest BCUT2D eigenvalue weighted by Gasteiger charge is -2.29. The molecule has 1 heterocycles. The fourth-order valence-electron chi connectivity index (χ4n) is 3.01. The normalized spacial score (nSPS) is 16.0. The molecule has 2 aromatic rings. The van der Waals surface area contributed by atoms with Gasteiger partial charge in [-0.1, -0.05) is 42.5 Å². The maximum absolute atomic E-state index is 12.1. The standard InChI is InChI=1S/C18H21N3O2/c22-18(20-23)17(14-4-2-1-3-5-14)15-6-8-16(9-7-15)21-12-10-19-11-13-21/h1-9,17,19,23H,10-13H2,(H,20,22). The van der Waals surface area contributed by atoms with Crippen LogP contribution < -0.4 is 15.7 Å². The summed E-state index contributed by atoms with van der Waals surface area (Å²) in [4.78, 5) is 14.4. The Labute approximate surface area is 135 Å². The molecule has 5 nitrogen and oxygen atoms in total. The molecule has 1 atom stereocenters. The van der Waals surface area contributed by atoms with Gasteiger partial charge in [0.05, 0.1) is 5.92 Å². The topological polar surface area (TPSA) is 64.6 Å². The van der Waals surface area contributed by atoms with E-state index in [1.807, 2.05) is 54.6 Å². The summed E-state index contributed by atoms with van der Waals surface area (Å²) in [6.07, 6.45) is 0. The fourth-order valence-corrected chi connectivity index (χ4v) is 3.01. The number of hydrogen-bond donors (Lipinski definition) is 3. The number of hydrogen-bond acceptors (Lipinski definition) is 4. The van der Waals surface area contributed by atoms with Crippen molar-refractivity contribution in [3.05, 3.63) is 65.7 Å². The number of anilines is 1. The smallest absolute Gasteiger partial charge is 0.255 e. The van der Waals surface area contributed by atoms with Crippen molar-refractivity contribution in [3.8, 4) is 0 Å². The lowest BCUT2D eigenvalue weighted by molar-refractivity contribution is -0.129. The van der Waals surface area contributed by atoms with Crippen molar-refractivity contribution in [2.75, 3.05) is 31.1 Å². The van der Waals surface area contributed by atoms with Gasteiger partial charge in [0, 0.05) is 31.9 Å². The van der Waals surface area contributed by atoms with Crippen LogP contribution in [0.3, 0.4) is 0 Å². The first-order valence-electron chi connectivity index (χ1n) is 7.84. The Bertz CT molecular complexity index is 637. The van der Waals surface area contributed by atoms with E-state index < -0.39 is 11.8 Å². The zero-order valence-electron chi connectivity index (χ0n) is 12.9. The van der Waals surface area contributed by atoms with Crippen LogP contribution in [0.15, 0.2) is 54.6 Å². The molecule has 0 aliphatic carbocycles. The van der Waals surface area contributed by atoms with Crippen molar-refractivity contribution < 1.29 is 10.0 Å². The molecule has 3 rings (SSSR count). The predicted octanol–water partition coefficient (Wildman–Crippen LogP) is 1.73. The van der Waals surface area contributed by atoms with Crippen molar-refractivity contribution in [2.24, 2.45) is 0 Å². The molecule has 0 bridgehead atoms. The summed E-state index contributed by atoms with van der Waals surface area (Å²) < 4.78 is 0. The van der Waals surface area contributed by atoms with Gasteiger partial charge in [-0.15, -0.1) is 0 Å². The summed E-state index contributed by atoms with van der Waals surface area (Å²) >= 11 is 0. The van der Waals surface area contributed by atoms with Crippen molar-refractivity contribution in [3.63, 3.8) is 0 Å². The largest absolute Gasteiger partial charge is 0.369 e. The number of carbonyl (C=O) groups excluding carboxylic acids is 1. The molecule has 23 heavy (non-hydrogen) atoms. The molecular weight excluding hydrogens is 290 g/mol. The number of amides is 1. The van der Waals surface area contributed by atoms with Gasteiger partial charge in [0.2, 0.25) is 0 Å². The zero-order chi connectivity index (χ0) is 16.1. The Kier molecular flexibility index (Phi) is 4.90. The Hall–Kier alpha value is -2.37. The summed E-state index contributed by atoms with van der Waals surface area (Å²) in [5, 5.41) is 12.4. The van der Waals surface area contributed by atoms with Gasteiger partial charge in [0.25, 0.3) is 5.91 Å². The molecule has 0 saturated carbocycles. The number of hydroxylamine groups is 1. The molecular formula is C18H21N3O2. The van der Waals surface area contributed by atoms with Gasteiger partial charge in [-0.2, -0.15) is 0 Å². The molecule has 3 N–H and O–H groups in total. The van der Waals surface area contributed by atoms with Gasteiger partial charge < -0.3 is 10.2 Å². The van der Waals surface area contributed by atoms with E-state index in [4.69, 9.17) is 5.21 Å². The second kappa shape index (κ2) is 7.26. The molecule has 1 fully saturated rings. The molecule has 0 aromatic heterocycles. The quantitative estimate of drug-likeness (QED) is 0.594. The third-order valence-corrected chi connectivity index (χ3v) is 4.21. The first kappa shape index (κ1) is 15.5. The molecule has 1 amide bonds. The molecule has 1 saturated heterocycles. The number of benzene rings is 2. The van der Waals surface area contributed by atoms with E-state index in [2.05, 4.69) is 10.2 Å². The van der Waals surface area contributed by atoms with Crippen LogP contribution >= 0.6 is 0 Å². The van der Waals surface area contributed by atoms with Gasteiger partial charge in [0.15, 0.2) is 0 Å². The summed E-state index contributed by atoms with van der Waals surface area (Å²) in [6.45, 7) is 3.94. The minimum absolute atomic E-state index is 0.425. The highest BCUT2D eigenvalue weighted by molar-refractivity contribution is 5.86. The highest BCUT2D eigenvalue weighted by atomic mass is 16.5. The molecule has 5 heteroatoms. The summed E-state index contributed by atoms with van der Waals surface area (Å²) in [5.41, 5.74) is 4.66. The number of carbonyl (C=O) groups is 1. The lowest BCUT2D eigenvalue weighted by atomic mass is 9.90. The second-order valence-electron chi connectivity index (χ2n) is 5.65. The summed E-state index contributed by atoms with van der Waals surface area (Å²) in [7, 11) is 0. The molecule has 2 aromatic carbocycles. The van der Waals surface area contributed by atoms with Crippen molar-refractivity contribution in [2.45, 2.75) is 5.92 Å². The number of rotatable bonds is 4. The molecule has 1 aliphatic heterocycles. The molecule has 0 spiro atoms. The van der Waals surface area contributed by atoms with E-state index in [0.29, 0.717) is 0 Å². The van der Waals surface area contributed by atoms with Crippen LogP contribution in [0.5, 0.6) is 0 Å². The maximum atomic E-state index is 12.1. The Morgan fingerprint density at radius 2 is 1.61 bits per heavy atom. The van der Waals surface area contributed by atoms with Crippen LogP contribution in [0, 0.1) is 0 Å². The van der Waals surface area contributed by atoms with E-state index in [9.17, 15) is 4.79 Å². The lowest BCUT2D eigenvalue weighted by Crippen LogP contribution is -2.43. The van der Waals surface area contributed by atoms with E-state index in [-0.39, 0.29) is 0 Å². The van der Waals surface area contributed by atoms with Crippen LogP contribution in [0.25, 0.3) is 0 Å². The average Bonchev–Trinajstić information content (AvgIpc) is 2.64. The van der Waals surface area contributed by atoms with Gasteiger partial charge >= 0.3 is 0 Å². The molecule has 1 unspecified atom stereocenters. The molecule has 0 radical (unpaired) electrons. The Morgan fingerprint density at radius 1 is 1.00 bits per heavy atom. The summed E-state index contributed by atoms with van der Waals surface area (Å²) in [5.74, 6) is -0.940. The zero-order valence-corrected chi connectivity index (χ0v) is 12.9. The number of piperazine rings is 1. The van der Waals surface area contributed by atoms with Crippen LogP contribution in [-0.2, 0) is 4.79 Å². The second-order valence-corrected chi connectivity index (χ2v) is 5.65. The monoisotopic (exact) mass is 311 g/mol. The molecule has 1 aliphatic rings. The van der Waals surface area contributed by atoms with Gasteiger partial charge in [-0.25, -0.2) is 5.48 Å². The van der Waals surface area contributed by atoms with Gasteiger partial charge in [-0.05, 0) is 23.3 Å². The SMILES string of the molecule is O=C(NO)C(c1ccccc1)c1ccc(N2CCNCC2)cc1. The van der Waals surface area contributed by atoms with Gasteiger partial charge in [0.1, 0.15) is 0 Å². The van der Waals surface area contributed by atoms with Gasteiger partial charge in [-0.3, -0.25) is 10.0 Å². The van der Waals surface area contributed by atoms with E-state index in [1.165, 1.54) is 0 Å². The third kappa shape index (κ3) is 3.52. The first-order valence-corrected chi connectivity index (χ1v) is 7.84. The minimum Gasteiger partial charge on any atom is -0.369 e.